The van der Waals surface area contributed by atoms with Crippen molar-refractivity contribution in [3.8, 4) is 0 Å². The summed E-state index contributed by atoms with van der Waals surface area (Å²) in [5.74, 6) is 1.50. The minimum atomic E-state index is 0.359. The Labute approximate surface area is 129 Å². The van der Waals surface area contributed by atoms with Crippen molar-refractivity contribution < 1.29 is 0 Å². The Balaban J connectivity index is 1.74. The molecule has 5 unspecified atom stereocenters. The summed E-state index contributed by atoms with van der Waals surface area (Å²) in [5.41, 5.74) is 8.02. The van der Waals surface area contributed by atoms with Crippen molar-refractivity contribution in [1.82, 2.24) is 4.90 Å². The summed E-state index contributed by atoms with van der Waals surface area (Å²) in [6.45, 7) is 6.05. The lowest BCUT2D eigenvalue weighted by Gasteiger charge is -2.48. The van der Waals surface area contributed by atoms with Crippen LogP contribution in [0.4, 0.5) is 0 Å². The lowest BCUT2D eigenvalue weighted by atomic mass is 9.77. The molecule has 1 aromatic carbocycles. The number of nitrogens with zero attached hydrogens (tertiary/aromatic N) is 1. The van der Waals surface area contributed by atoms with Crippen LogP contribution in [0.15, 0.2) is 30.3 Å². The lowest BCUT2D eigenvalue weighted by Crippen LogP contribution is -2.56. The van der Waals surface area contributed by atoms with Crippen LogP contribution in [0.5, 0.6) is 0 Å². The van der Waals surface area contributed by atoms with Gasteiger partial charge in [-0.1, -0.05) is 37.3 Å². The molecule has 0 radical (unpaired) electrons. The van der Waals surface area contributed by atoms with E-state index in [2.05, 4.69) is 49.1 Å². The Morgan fingerprint density at radius 3 is 2.57 bits per heavy atom. The van der Waals surface area contributed by atoms with Gasteiger partial charge >= 0.3 is 0 Å². The van der Waals surface area contributed by atoms with Crippen LogP contribution in [0.1, 0.15) is 57.4 Å². The van der Waals surface area contributed by atoms with Crippen LogP contribution < -0.4 is 5.73 Å². The Hall–Kier alpha value is -0.860. The predicted molar refractivity (Wildman–Crippen MR) is 89.4 cm³/mol. The number of likely N-dealkylation sites (tertiary alicyclic amines) is 1. The molecule has 1 saturated carbocycles. The second-order valence-electron chi connectivity index (χ2n) is 7.25. The number of benzene rings is 1. The van der Waals surface area contributed by atoms with Crippen LogP contribution in [0.3, 0.4) is 0 Å². The number of rotatable bonds is 2. The summed E-state index contributed by atoms with van der Waals surface area (Å²) in [5, 5.41) is 0. The van der Waals surface area contributed by atoms with Gasteiger partial charge < -0.3 is 5.73 Å². The van der Waals surface area contributed by atoms with Gasteiger partial charge in [-0.2, -0.15) is 0 Å². The third-order valence-electron chi connectivity index (χ3n) is 5.99. The van der Waals surface area contributed by atoms with E-state index in [1.165, 1.54) is 44.2 Å². The highest BCUT2D eigenvalue weighted by molar-refractivity contribution is 5.21. The minimum Gasteiger partial charge on any atom is -0.326 e. The maximum Gasteiger partial charge on any atom is 0.0255 e. The maximum absolute atomic E-state index is 6.52. The van der Waals surface area contributed by atoms with Gasteiger partial charge in [0.1, 0.15) is 0 Å². The van der Waals surface area contributed by atoms with Crippen LogP contribution in [0, 0.1) is 5.92 Å². The lowest BCUT2D eigenvalue weighted by molar-refractivity contribution is 0.0365. The first kappa shape index (κ1) is 15.1. The van der Waals surface area contributed by atoms with E-state index < -0.39 is 0 Å². The smallest absolute Gasteiger partial charge is 0.0255 e. The van der Waals surface area contributed by atoms with E-state index in [0.29, 0.717) is 24.0 Å². The Morgan fingerprint density at radius 1 is 1.05 bits per heavy atom. The third kappa shape index (κ3) is 3.17. The summed E-state index contributed by atoms with van der Waals surface area (Å²) in [4.78, 5) is 2.73. The summed E-state index contributed by atoms with van der Waals surface area (Å²) in [7, 11) is 0. The maximum atomic E-state index is 6.52. The molecule has 2 fully saturated rings. The molecular formula is C19H30N2. The van der Waals surface area contributed by atoms with Crippen LogP contribution >= 0.6 is 0 Å². The molecular weight excluding hydrogens is 256 g/mol. The summed E-state index contributed by atoms with van der Waals surface area (Å²) in [6, 6.07) is 12.7. The first-order valence-corrected chi connectivity index (χ1v) is 8.73. The van der Waals surface area contributed by atoms with Gasteiger partial charge in [0.15, 0.2) is 0 Å². The molecule has 1 saturated heterocycles. The molecule has 2 N–H and O–H groups in total. The van der Waals surface area contributed by atoms with Crippen molar-refractivity contribution in [3.63, 3.8) is 0 Å². The summed E-state index contributed by atoms with van der Waals surface area (Å²) < 4.78 is 0. The van der Waals surface area contributed by atoms with Gasteiger partial charge in [-0.05, 0) is 63.0 Å². The molecule has 0 amide bonds. The highest BCUT2D eigenvalue weighted by atomic mass is 15.2. The Morgan fingerprint density at radius 2 is 1.81 bits per heavy atom. The van der Waals surface area contributed by atoms with Gasteiger partial charge in [0, 0.05) is 18.1 Å². The van der Waals surface area contributed by atoms with E-state index in [9.17, 15) is 0 Å². The fourth-order valence-corrected chi connectivity index (χ4v) is 4.41. The zero-order valence-corrected chi connectivity index (χ0v) is 13.5. The highest BCUT2D eigenvalue weighted by Gasteiger charge is 2.37. The Kier molecular flexibility index (Phi) is 4.66. The first-order valence-electron chi connectivity index (χ1n) is 8.73. The minimum absolute atomic E-state index is 0.359. The van der Waals surface area contributed by atoms with E-state index in [1.807, 2.05) is 0 Å². The van der Waals surface area contributed by atoms with E-state index in [1.54, 1.807) is 0 Å². The molecule has 1 aliphatic carbocycles. The predicted octanol–water partition coefficient (Wildman–Crippen LogP) is 3.77. The van der Waals surface area contributed by atoms with Gasteiger partial charge in [0.2, 0.25) is 0 Å². The highest BCUT2D eigenvalue weighted by Crippen LogP contribution is 2.37. The molecule has 0 bridgehead atoms. The molecule has 5 atom stereocenters. The molecule has 0 spiro atoms. The molecule has 21 heavy (non-hydrogen) atoms. The molecule has 1 heterocycles. The molecule has 1 aliphatic heterocycles. The second kappa shape index (κ2) is 6.50. The topological polar surface area (TPSA) is 29.3 Å². The number of hydrogen-bond acceptors (Lipinski definition) is 2. The monoisotopic (exact) mass is 286 g/mol. The average Bonchev–Trinajstić information content (AvgIpc) is 2.52. The molecule has 2 heteroatoms. The van der Waals surface area contributed by atoms with Crippen molar-refractivity contribution in [2.75, 3.05) is 6.54 Å². The van der Waals surface area contributed by atoms with Crippen LogP contribution in [0.25, 0.3) is 0 Å². The van der Waals surface area contributed by atoms with E-state index >= 15 is 0 Å². The quantitative estimate of drug-likeness (QED) is 0.896. The molecule has 1 aromatic rings. The molecule has 0 aromatic heterocycles. The van der Waals surface area contributed by atoms with Crippen molar-refractivity contribution in [3.05, 3.63) is 35.9 Å². The largest absolute Gasteiger partial charge is 0.326 e. The zero-order valence-electron chi connectivity index (χ0n) is 13.5. The van der Waals surface area contributed by atoms with Gasteiger partial charge in [-0.3, -0.25) is 4.90 Å². The van der Waals surface area contributed by atoms with Crippen molar-refractivity contribution in [2.45, 2.75) is 70.0 Å². The third-order valence-corrected chi connectivity index (χ3v) is 5.99. The van der Waals surface area contributed by atoms with E-state index in [4.69, 9.17) is 5.73 Å². The van der Waals surface area contributed by atoms with Gasteiger partial charge in [0.05, 0.1) is 0 Å². The fraction of sp³-hybridized carbons (Fsp3) is 0.684. The number of hydrogen-bond donors (Lipinski definition) is 1. The number of piperidine rings is 1. The van der Waals surface area contributed by atoms with E-state index in [0.717, 1.165) is 5.92 Å². The number of nitrogens with two attached hydrogens (primary N) is 1. The van der Waals surface area contributed by atoms with E-state index in [-0.39, 0.29) is 0 Å². The SMILES string of the molecule is CC1CCCN(C2CC(c3ccccc3)CCC2N)C1C. The van der Waals surface area contributed by atoms with Crippen LogP contribution in [-0.4, -0.2) is 29.6 Å². The average molecular weight is 286 g/mol. The van der Waals surface area contributed by atoms with Gasteiger partial charge in [-0.15, -0.1) is 0 Å². The van der Waals surface area contributed by atoms with Gasteiger partial charge in [0.25, 0.3) is 0 Å². The Bertz CT molecular complexity index is 444. The van der Waals surface area contributed by atoms with Crippen LogP contribution in [0.2, 0.25) is 0 Å². The van der Waals surface area contributed by atoms with Crippen molar-refractivity contribution >= 4 is 0 Å². The molecule has 116 valence electrons. The summed E-state index contributed by atoms with van der Waals surface area (Å²) in [6.07, 6.45) is 6.37. The second-order valence-corrected chi connectivity index (χ2v) is 7.25. The van der Waals surface area contributed by atoms with Crippen molar-refractivity contribution in [1.29, 1.82) is 0 Å². The zero-order chi connectivity index (χ0) is 14.8. The molecule has 2 aliphatic rings. The fourth-order valence-electron chi connectivity index (χ4n) is 4.41. The van der Waals surface area contributed by atoms with Gasteiger partial charge in [-0.25, -0.2) is 0 Å². The normalized spacial score (nSPS) is 38.3. The first-order chi connectivity index (χ1) is 10.2. The standard InChI is InChI=1S/C19H30N2/c1-14-7-6-12-21(15(14)2)19-13-17(10-11-18(19)20)16-8-4-3-5-9-16/h3-5,8-9,14-15,17-19H,6-7,10-13,20H2,1-2H3. The molecule has 2 nitrogen and oxygen atoms in total. The molecule has 3 rings (SSSR count). The van der Waals surface area contributed by atoms with Crippen molar-refractivity contribution in [2.24, 2.45) is 11.7 Å². The summed E-state index contributed by atoms with van der Waals surface area (Å²) >= 11 is 0. The van der Waals surface area contributed by atoms with Crippen LogP contribution in [-0.2, 0) is 0 Å².